The third-order valence-corrected chi connectivity index (χ3v) is 2.58. The molecular weight excluding hydrogens is 226 g/mol. The molecule has 0 spiro atoms. The van der Waals surface area contributed by atoms with E-state index in [2.05, 4.69) is 17.4 Å². The van der Waals surface area contributed by atoms with Crippen LogP contribution in [0, 0.1) is 0 Å². The van der Waals surface area contributed by atoms with E-state index in [1.54, 1.807) is 0 Å². The molecule has 0 aromatic heterocycles. The van der Waals surface area contributed by atoms with Crippen LogP contribution in [-0.2, 0) is 0 Å². The Morgan fingerprint density at radius 3 is 2.69 bits per heavy atom. The van der Waals surface area contributed by atoms with Crippen molar-refractivity contribution in [1.29, 1.82) is 0 Å². The van der Waals surface area contributed by atoms with Gasteiger partial charge in [-0.15, -0.1) is 0 Å². The number of nitrogens with one attached hydrogen (secondary N) is 1. The number of hydrogen-bond acceptors (Lipinski definition) is 3. The lowest BCUT2D eigenvalue weighted by Gasteiger charge is -2.13. The van der Waals surface area contributed by atoms with Gasteiger partial charge in [-0.2, -0.15) is 0 Å². The highest BCUT2D eigenvalue weighted by Gasteiger charge is 2.04. The summed E-state index contributed by atoms with van der Waals surface area (Å²) >= 11 is 5.80. The number of rotatable bonds is 5. The second-order valence-corrected chi connectivity index (χ2v) is 4.01. The third-order valence-electron chi connectivity index (χ3n) is 2.33. The highest BCUT2D eigenvalue weighted by atomic mass is 35.5. The summed E-state index contributed by atoms with van der Waals surface area (Å²) in [6.45, 7) is 2.72. The molecule has 1 aromatic rings. The molecular formula is C11H16ClN3O. The number of halogens is 1. The van der Waals surface area contributed by atoms with Crippen molar-refractivity contribution < 1.29 is 5.21 Å². The van der Waals surface area contributed by atoms with Gasteiger partial charge in [-0.25, -0.2) is 0 Å². The van der Waals surface area contributed by atoms with Crippen molar-refractivity contribution in [2.75, 3.05) is 6.54 Å². The first kappa shape index (κ1) is 12.8. The molecule has 4 nitrogen and oxygen atoms in total. The van der Waals surface area contributed by atoms with Gasteiger partial charge in [-0.05, 0) is 24.6 Å². The van der Waals surface area contributed by atoms with Crippen molar-refractivity contribution >= 4 is 17.4 Å². The maximum Gasteiger partial charge on any atom is 0.140 e. The Morgan fingerprint density at radius 1 is 1.50 bits per heavy atom. The summed E-state index contributed by atoms with van der Waals surface area (Å²) in [5.74, 6) is 0.232. The fourth-order valence-electron chi connectivity index (χ4n) is 1.34. The number of nitrogens with two attached hydrogens (primary N) is 1. The third kappa shape index (κ3) is 4.08. The van der Waals surface area contributed by atoms with E-state index in [0.717, 1.165) is 10.6 Å². The fraction of sp³-hybridized carbons (Fsp3) is 0.364. The molecule has 0 radical (unpaired) electrons. The van der Waals surface area contributed by atoms with E-state index in [0.29, 0.717) is 13.0 Å². The van der Waals surface area contributed by atoms with Gasteiger partial charge in [0.15, 0.2) is 0 Å². The fourth-order valence-corrected chi connectivity index (χ4v) is 1.46. The predicted molar refractivity (Wildman–Crippen MR) is 65.9 cm³/mol. The van der Waals surface area contributed by atoms with Crippen LogP contribution in [0.25, 0.3) is 0 Å². The Kier molecular flexibility index (Phi) is 5.08. The molecule has 0 unspecified atom stereocenters. The summed E-state index contributed by atoms with van der Waals surface area (Å²) in [6, 6.07) is 7.88. The Morgan fingerprint density at radius 2 is 2.12 bits per heavy atom. The smallest absolute Gasteiger partial charge is 0.140 e. The van der Waals surface area contributed by atoms with E-state index >= 15 is 0 Å². The molecule has 0 heterocycles. The quantitative estimate of drug-likeness (QED) is 0.320. The second kappa shape index (κ2) is 6.35. The van der Waals surface area contributed by atoms with Crippen LogP contribution in [-0.4, -0.2) is 17.6 Å². The van der Waals surface area contributed by atoms with Gasteiger partial charge >= 0.3 is 0 Å². The normalized spacial score (nSPS) is 13.8. The Labute approximate surface area is 100 Å². The first-order chi connectivity index (χ1) is 7.63. The lowest BCUT2D eigenvalue weighted by Crippen LogP contribution is -2.24. The van der Waals surface area contributed by atoms with E-state index in [1.165, 1.54) is 0 Å². The van der Waals surface area contributed by atoms with Crippen molar-refractivity contribution in [3.8, 4) is 0 Å². The van der Waals surface area contributed by atoms with Gasteiger partial charge in [-0.3, -0.25) is 0 Å². The van der Waals surface area contributed by atoms with E-state index in [4.69, 9.17) is 22.5 Å². The van der Waals surface area contributed by atoms with Crippen LogP contribution in [0.3, 0.4) is 0 Å². The monoisotopic (exact) mass is 241 g/mol. The van der Waals surface area contributed by atoms with Gasteiger partial charge < -0.3 is 16.3 Å². The number of oxime groups is 1. The van der Waals surface area contributed by atoms with Crippen LogP contribution in [0.2, 0.25) is 5.02 Å². The highest BCUT2D eigenvalue weighted by Crippen LogP contribution is 2.15. The zero-order valence-corrected chi connectivity index (χ0v) is 9.91. The lowest BCUT2D eigenvalue weighted by molar-refractivity contribution is 0.316. The van der Waals surface area contributed by atoms with Gasteiger partial charge in [0.25, 0.3) is 0 Å². The average Bonchev–Trinajstić information content (AvgIpc) is 2.29. The van der Waals surface area contributed by atoms with E-state index in [1.807, 2.05) is 24.3 Å². The summed E-state index contributed by atoms with van der Waals surface area (Å²) in [6.07, 6.45) is 0.522. The van der Waals surface area contributed by atoms with E-state index < -0.39 is 0 Å². The summed E-state index contributed by atoms with van der Waals surface area (Å²) in [5, 5.41) is 15.3. The van der Waals surface area contributed by atoms with Crippen LogP contribution in [0.4, 0.5) is 0 Å². The van der Waals surface area contributed by atoms with Gasteiger partial charge in [0.1, 0.15) is 5.84 Å². The molecule has 5 heteroatoms. The maximum absolute atomic E-state index is 8.37. The molecule has 0 fully saturated rings. The van der Waals surface area contributed by atoms with Gasteiger partial charge in [0, 0.05) is 24.0 Å². The van der Waals surface area contributed by atoms with Crippen molar-refractivity contribution in [3.63, 3.8) is 0 Å². The first-order valence-corrected chi connectivity index (χ1v) is 5.46. The van der Waals surface area contributed by atoms with Crippen molar-refractivity contribution in [2.45, 2.75) is 19.4 Å². The maximum atomic E-state index is 8.37. The average molecular weight is 242 g/mol. The van der Waals surface area contributed by atoms with Gasteiger partial charge in [-0.1, -0.05) is 28.9 Å². The van der Waals surface area contributed by atoms with Crippen LogP contribution in [0.5, 0.6) is 0 Å². The van der Waals surface area contributed by atoms with Gasteiger partial charge in [0.2, 0.25) is 0 Å². The lowest BCUT2D eigenvalue weighted by atomic mass is 10.1. The number of nitrogens with zero attached hydrogens (tertiary/aromatic N) is 1. The molecule has 1 rings (SSSR count). The summed E-state index contributed by atoms with van der Waals surface area (Å²) in [4.78, 5) is 0. The molecule has 0 saturated heterocycles. The molecule has 0 saturated carbocycles. The van der Waals surface area contributed by atoms with E-state index in [9.17, 15) is 0 Å². The van der Waals surface area contributed by atoms with Crippen LogP contribution >= 0.6 is 11.6 Å². The zero-order valence-electron chi connectivity index (χ0n) is 9.15. The zero-order chi connectivity index (χ0) is 12.0. The molecule has 1 atom stereocenters. The first-order valence-electron chi connectivity index (χ1n) is 5.08. The molecule has 0 amide bonds. The molecule has 0 aliphatic heterocycles. The largest absolute Gasteiger partial charge is 0.409 e. The van der Waals surface area contributed by atoms with Crippen LogP contribution in [0.15, 0.2) is 29.4 Å². The summed E-state index contributed by atoms with van der Waals surface area (Å²) in [5.41, 5.74) is 6.52. The molecule has 0 bridgehead atoms. The topological polar surface area (TPSA) is 70.6 Å². The van der Waals surface area contributed by atoms with E-state index in [-0.39, 0.29) is 11.9 Å². The van der Waals surface area contributed by atoms with Crippen molar-refractivity contribution in [2.24, 2.45) is 10.9 Å². The standard InChI is InChI=1S/C11H16ClN3O/c1-8(14-7-6-11(13)15-16)9-2-4-10(12)5-3-9/h2-5,8,14,16H,6-7H2,1H3,(H2,13,15)/t8-/m0/s1. The second-order valence-electron chi connectivity index (χ2n) is 3.57. The number of amidine groups is 1. The molecule has 1 aromatic carbocycles. The minimum absolute atomic E-state index is 0.212. The molecule has 88 valence electrons. The SMILES string of the molecule is C[C@H](NCC/C(N)=N/O)c1ccc(Cl)cc1. The Bertz CT molecular complexity index is 351. The Hall–Kier alpha value is -1.26. The van der Waals surface area contributed by atoms with Gasteiger partial charge in [0.05, 0.1) is 0 Å². The summed E-state index contributed by atoms with van der Waals surface area (Å²) < 4.78 is 0. The highest BCUT2D eigenvalue weighted by molar-refractivity contribution is 6.30. The molecule has 4 N–H and O–H groups in total. The summed E-state index contributed by atoms with van der Waals surface area (Å²) in [7, 11) is 0. The molecule has 0 aliphatic rings. The minimum Gasteiger partial charge on any atom is -0.409 e. The molecule has 0 aliphatic carbocycles. The Balaban J connectivity index is 2.40. The number of benzene rings is 1. The number of hydrogen-bond donors (Lipinski definition) is 3. The van der Waals surface area contributed by atoms with Crippen LogP contribution in [0.1, 0.15) is 24.9 Å². The minimum atomic E-state index is 0.212. The molecule has 16 heavy (non-hydrogen) atoms. The van der Waals surface area contributed by atoms with Crippen molar-refractivity contribution in [1.82, 2.24) is 5.32 Å². The van der Waals surface area contributed by atoms with Crippen LogP contribution < -0.4 is 11.1 Å². The van der Waals surface area contributed by atoms with Crippen molar-refractivity contribution in [3.05, 3.63) is 34.9 Å². The predicted octanol–water partition coefficient (Wildman–Crippen LogP) is 2.13.